The summed E-state index contributed by atoms with van der Waals surface area (Å²) in [5.74, 6) is 0. The quantitative estimate of drug-likeness (QED) is 0.867. The number of aryl methyl sites for hydroxylation is 2. The van der Waals surface area contributed by atoms with E-state index in [2.05, 4.69) is 4.98 Å². The maximum absolute atomic E-state index is 5.96. The highest BCUT2D eigenvalue weighted by Crippen LogP contribution is 2.17. The summed E-state index contributed by atoms with van der Waals surface area (Å²) in [5.41, 5.74) is 8.73. The molecule has 2 N–H and O–H groups in total. The molecule has 0 amide bonds. The molecule has 0 aliphatic rings. The predicted molar refractivity (Wildman–Crippen MR) is 62.3 cm³/mol. The van der Waals surface area contributed by atoms with Gasteiger partial charge in [0.1, 0.15) is 5.65 Å². The highest BCUT2D eigenvalue weighted by atomic mass is 35.5. The normalized spacial score (nSPS) is 11.1. The smallest absolute Gasteiger partial charge is 0.137 e. The summed E-state index contributed by atoms with van der Waals surface area (Å²) >= 11 is 5.96. The molecule has 0 bridgehead atoms. The number of halogens is 1. The molecule has 0 saturated heterocycles. The van der Waals surface area contributed by atoms with Crippen LogP contribution in [-0.4, -0.2) is 15.9 Å². The molecule has 0 aliphatic carbocycles. The molecular weight excluding hydrogens is 210 g/mol. The van der Waals surface area contributed by atoms with E-state index in [1.54, 1.807) is 0 Å². The highest BCUT2D eigenvalue weighted by molar-refractivity contribution is 6.30. The molecule has 15 heavy (non-hydrogen) atoms. The van der Waals surface area contributed by atoms with Crippen molar-refractivity contribution in [2.75, 3.05) is 6.54 Å². The van der Waals surface area contributed by atoms with E-state index in [0.29, 0.717) is 6.54 Å². The average Bonchev–Trinajstić information content (AvgIpc) is 2.51. The maximum atomic E-state index is 5.96. The minimum absolute atomic E-state index is 0.702. The van der Waals surface area contributed by atoms with Crippen molar-refractivity contribution in [1.29, 1.82) is 0 Å². The van der Waals surface area contributed by atoms with Crippen LogP contribution in [0.4, 0.5) is 0 Å². The third-order valence-electron chi connectivity index (χ3n) is 2.50. The molecule has 2 heterocycles. The number of nitrogens with zero attached hydrogens (tertiary/aromatic N) is 2. The third-order valence-corrected chi connectivity index (χ3v) is 2.72. The van der Waals surface area contributed by atoms with E-state index < -0.39 is 0 Å². The fraction of sp³-hybridized carbons (Fsp3) is 0.364. The average molecular weight is 224 g/mol. The number of hydrogen-bond acceptors (Lipinski definition) is 2. The fourth-order valence-electron chi connectivity index (χ4n) is 1.76. The summed E-state index contributed by atoms with van der Waals surface area (Å²) in [6.07, 6.45) is 3.83. The van der Waals surface area contributed by atoms with Crippen molar-refractivity contribution in [3.05, 3.63) is 34.7 Å². The second kappa shape index (κ2) is 4.21. The van der Waals surface area contributed by atoms with Crippen LogP contribution in [0.5, 0.6) is 0 Å². The van der Waals surface area contributed by atoms with Gasteiger partial charge in [-0.25, -0.2) is 4.98 Å². The van der Waals surface area contributed by atoms with E-state index in [9.17, 15) is 0 Å². The minimum Gasteiger partial charge on any atom is -0.330 e. The van der Waals surface area contributed by atoms with E-state index in [1.165, 1.54) is 5.69 Å². The molecule has 2 rings (SSSR count). The Balaban J connectivity index is 2.50. The van der Waals surface area contributed by atoms with Gasteiger partial charge in [-0.2, -0.15) is 0 Å². The Labute approximate surface area is 93.9 Å². The Morgan fingerprint density at radius 1 is 1.47 bits per heavy atom. The number of nitrogens with two attached hydrogens (primary N) is 1. The van der Waals surface area contributed by atoms with Gasteiger partial charge in [-0.05, 0) is 38.4 Å². The molecule has 2 aromatic rings. The van der Waals surface area contributed by atoms with Gasteiger partial charge in [0.05, 0.1) is 10.7 Å². The van der Waals surface area contributed by atoms with Crippen molar-refractivity contribution in [2.45, 2.75) is 19.8 Å². The molecule has 0 aromatic carbocycles. The van der Waals surface area contributed by atoms with Gasteiger partial charge in [0.25, 0.3) is 0 Å². The lowest BCUT2D eigenvalue weighted by atomic mass is 10.2. The highest BCUT2D eigenvalue weighted by Gasteiger charge is 2.07. The first kappa shape index (κ1) is 10.5. The molecule has 3 nitrogen and oxygen atoms in total. The molecule has 0 saturated carbocycles. The summed E-state index contributed by atoms with van der Waals surface area (Å²) in [4.78, 5) is 4.47. The predicted octanol–water partition coefficient (Wildman–Crippen LogP) is 2.19. The van der Waals surface area contributed by atoms with Crippen LogP contribution >= 0.6 is 11.6 Å². The van der Waals surface area contributed by atoms with E-state index >= 15 is 0 Å². The fourth-order valence-corrected chi connectivity index (χ4v) is 1.92. The van der Waals surface area contributed by atoms with Gasteiger partial charge in [0, 0.05) is 11.9 Å². The molecule has 0 spiro atoms. The number of rotatable bonds is 3. The third kappa shape index (κ3) is 1.98. The largest absolute Gasteiger partial charge is 0.330 e. The molecule has 4 heteroatoms. The summed E-state index contributed by atoms with van der Waals surface area (Å²) in [6.45, 7) is 2.72. The van der Waals surface area contributed by atoms with Crippen LogP contribution in [0.3, 0.4) is 0 Å². The van der Waals surface area contributed by atoms with Crippen molar-refractivity contribution in [2.24, 2.45) is 5.73 Å². The first-order valence-corrected chi connectivity index (χ1v) is 5.43. The molecule has 2 aromatic heterocycles. The lowest BCUT2D eigenvalue weighted by molar-refractivity contribution is 0.796. The molecule has 0 atom stereocenters. The van der Waals surface area contributed by atoms with Gasteiger partial charge in [-0.1, -0.05) is 11.6 Å². The number of imidazole rings is 1. The summed E-state index contributed by atoms with van der Waals surface area (Å²) in [6, 6.07) is 3.79. The Bertz CT molecular complexity index is 476. The van der Waals surface area contributed by atoms with Crippen molar-refractivity contribution in [1.82, 2.24) is 9.38 Å². The number of fused-ring (bicyclic) bond motifs is 1. The van der Waals surface area contributed by atoms with E-state index in [1.807, 2.05) is 29.7 Å². The number of hydrogen-bond donors (Lipinski definition) is 1. The first-order chi connectivity index (χ1) is 7.22. The van der Waals surface area contributed by atoms with Gasteiger partial charge in [-0.15, -0.1) is 0 Å². The lowest BCUT2D eigenvalue weighted by Crippen LogP contribution is -2.03. The SMILES string of the molecule is Cc1nc2ccc(Cl)cn2c1CCCN. The second-order valence-corrected chi connectivity index (χ2v) is 4.05. The van der Waals surface area contributed by atoms with Gasteiger partial charge < -0.3 is 10.1 Å². The van der Waals surface area contributed by atoms with Crippen molar-refractivity contribution in [3.8, 4) is 0 Å². The standard InChI is InChI=1S/C11H14ClN3/c1-8-10(3-2-6-13)15-7-9(12)4-5-11(15)14-8/h4-5,7H,2-3,6,13H2,1H3. The van der Waals surface area contributed by atoms with E-state index in [0.717, 1.165) is 29.2 Å². The Hall–Kier alpha value is -1.06. The van der Waals surface area contributed by atoms with E-state index in [-0.39, 0.29) is 0 Å². The minimum atomic E-state index is 0.702. The Morgan fingerprint density at radius 3 is 3.00 bits per heavy atom. The zero-order valence-corrected chi connectivity index (χ0v) is 9.46. The van der Waals surface area contributed by atoms with Crippen LogP contribution in [0.15, 0.2) is 18.3 Å². The first-order valence-electron chi connectivity index (χ1n) is 5.05. The monoisotopic (exact) mass is 223 g/mol. The van der Waals surface area contributed by atoms with Crippen molar-refractivity contribution in [3.63, 3.8) is 0 Å². The van der Waals surface area contributed by atoms with E-state index in [4.69, 9.17) is 17.3 Å². The zero-order chi connectivity index (χ0) is 10.8. The van der Waals surface area contributed by atoms with Crippen LogP contribution in [0.25, 0.3) is 5.65 Å². The van der Waals surface area contributed by atoms with Crippen LogP contribution in [-0.2, 0) is 6.42 Å². The van der Waals surface area contributed by atoms with Crippen LogP contribution < -0.4 is 5.73 Å². The number of aromatic nitrogens is 2. The molecule has 0 fully saturated rings. The van der Waals surface area contributed by atoms with Crippen LogP contribution in [0.2, 0.25) is 5.02 Å². The molecular formula is C11H14ClN3. The lowest BCUT2D eigenvalue weighted by Gasteiger charge is -2.02. The molecule has 0 aliphatic heterocycles. The number of pyridine rings is 1. The zero-order valence-electron chi connectivity index (χ0n) is 8.70. The van der Waals surface area contributed by atoms with Gasteiger partial charge in [-0.3, -0.25) is 0 Å². The Kier molecular flexibility index (Phi) is 2.93. The summed E-state index contributed by atoms with van der Waals surface area (Å²) < 4.78 is 2.05. The summed E-state index contributed by atoms with van der Waals surface area (Å²) in [5, 5.41) is 0.730. The van der Waals surface area contributed by atoms with Crippen LogP contribution in [0.1, 0.15) is 17.8 Å². The molecule has 0 unspecified atom stereocenters. The van der Waals surface area contributed by atoms with Gasteiger partial charge in [0.2, 0.25) is 0 Å². The van der Waals surface area contributed by atoms with Crippen LogP contribution in [0, 0.1) is 6.92 Å². The molecule has 0 radical (unpaired) electrons. The van der Waals surface area contributed by atoms with Gasteiger partial charge in [0.15, 0.2) is 0 Å². The molecule has 80 valence electrons. The topological polar surface area (TPSA) is 43.3 Å². The van der Waals surface area contributed by atoms with Crippen molar-refractivity contribution >= 4 is 17.2 Å². The second-order valence-electron chi connectivity index (χ2n) is 3.61. The Morgan fingerprint density at radius 2 is 2.27 bits per heavy atom. The van der Waals surface area contributed by atoms with Crippen molar-refractivity contribution < 1.29 is 0 Å². The summed E-state index contributed by atoms with van der Waals surface area (Å²) in [7, 11) is 0. The maximum Gasteiger partial charge on any atom is 0.137 e. The van der Waals surface area contributed by atoms with Gasteiger partial charge >= 0.3 is 0 Å².